The highest BCUT2D eigenvalue weighted by molar-refractivity contribution is 5.65. The number of ether oxygens (including phenoxy) is 3. The summed E-state index contributed by atoms with van der Waals surface area (Å²) in [7, 11) is 3.31. The fraction of sp³-hybridized carbons (Fsp3) is 0.100. The summed E-state index contributed by atoms with van der Waals surface area (Å²) in [6.07, 6.45) is 0. The summed E-state index contributed by atoms with van der Waals surface area (Å²) < 4.78 is 16.1. The number of rotatable bonds is 5. The third-order valence-corrected chi connectivity index (χ3v) is 3.57. The van der Waals surface area contributed by atoms with Crippen molar-refractivity contribution in [2.24, 2.45) is 0 Å². The van der Waals surface area contributed by atoms with E-state index in [1.807, 2.05) is 72.8 Å². The van der Waals surface area contributed by atoms with Gasteiger partial charge >= 0.3 is 0 Å². The van der Waals surface area contributed by atoms with E-state index in [-0.39, 0.29) is 0 Å². The Morgan fingerprint density at radius 1 is 0.435 bits per heavy atom. The van der Waals surface area contributed by atoms with Crippen molar-refractivity contribution in [2.75, 3.05) is 14.2 Å². The average molecular weight is 306 g/mol. The second kappa shape index (κ2) is 6.88. The molecule has 0 spiro atoms. The van der Waals surface area contributed by atoms with Gasteiger partial charge in [-0.2, -0.15) is 0 Å². The molecule has 0 amide bonds. The molecule has 0 heterocycles. The van der Waals surface area contributed by atoms with Crippen molar-refractivity contribution in [2.45, 2.75) is 0 Å². The predicted octanol–water partition coefficient (Wildman–Crippen LogP) is 5.16. The third kappa shape index (κ3) is 3.64. The van der Waals surface area contributed by atoms with E-state index < -0.39 is 0 Å². The maximum absolute atomic E-state index is 5.83. The van der Waals surface area contributed by atoms with Crippen LogP contribution >= 0.6 is 0 Å². The van der Waals surface area contributed by atoms with Gasteiger partial charge in [-0.05, 0) is 59.7 Å². The molecule has 0 aliphatic heterocycles. The molecule has 0 aromatic heterocycles. The maximum Gasteiger partial charge on any atom is 0.127 e. The van der Waals surface area contributed by atoms with E-state index in [0.717, 1.165) is 34.1 Å². The Balaban J connectivity index is 1.72. The normalized spacial score (nSPS) is 10.2. The van der Waals surface area contributed by atoms with E-state index in [2.05, 4.69) is 0 Å². The van der Waals surface area contributed by atoms with E-state index in [9.17, 15) is 0 Å². The monoisotopic (exact) mass is 306 g/mol. The Hall–Kier alpha value is -2.94. The molecule has 3 nitrogen and oxygen atoms in total. The second-order valence-corrected chi connectivity index (χ2v) is 5.03. The van der Waals surface area contributed by atoms with Gasteiger partial charge in [-0.1, -0.05) is 24.3 Å². The minimum Gasteiger partial charge on any atom is -0.497 e. The topological polar surface area (TPSA) is 27.7 Å². The summed E-state index contributed by atoms with van der Waals surface area (Å²) in [6.45, 7) is 0. The van der Waals surface area contributed by atoms with Gasteiger partial charge in [-0.3, -0.25) is 0 Å². The highest BCUT2D eigenvalue weighted by Gasteiger charge is 2.01. The molecule has 0 radical (unpaired) electrons. The Bertz CT molecular complexity index is 744. The van der Waals surface area contributed by atoms with Gasteiger partial charge in [0.25, 0.3) is 0 Å². The highest BCUT2D eigenvalue weighted by atomic mass is 16.5. The van der Waals surface area contributed by atoms with Gasteiger partial charge < -0.3 is 14.2 Å². The lowest BCUT2D eigenvalue weighted by atomic mass is 10.1. The van der Waals surface area contributed by atoms with Crippen LogP contribution in [-0.2, 0) is 0 Å². The molecule has 0 bridgehead atoms. The quantitative estimate of drug-likeness (QED) is 0.651. The minimum atomic E-state index is 0.781. The summed E-state index contributed by atoms with van der Waals surface area (Å²) in [5, 5.41) is 0. The molecule has 3 aromatic rings. The molecule has 0 saturated heterocycles. The zero-order valence-electron chi connectivity index (χ0n) is 13.2. The lowest BCUT2D eigenvalue weighted by Gasteiger charge is -2.08. The van der Waals surface area contributed by atoms with Crippen LogP contribution in [-0.4, -0.2) is 14.2 Å². The fourth-order valence-electron chi connectivity index (χ4n) is 2.28. The molecule has 3 rings (SSSR count). The fourth-order valence-corrected chi connectivity index (χ4v) is 2.28. The zero-order chi connectivity index (χ0) is 16.1. The van der Waals surface area contributed by atoms with Crippen molar-refractivity contribution in [1.29, 1.82) is 0 Å². The SMILES string of the molecule is COc1ccc(Oc2ccc(-c3ccc(OC)cc3)cc2)cc1. The van der Waals surface area contributed by atoms with Crippen molar-refractivity contribution in [3.05, 3.63) is 72.8 Å². The number of hydrogen-bond acceptors (Lipinski definition) is 3. The van der Waals surface area contributed by atoms with Crippen molar-refractivity contribution in [3.63, 3.8) is 0 Å². The van der Waals surface area contributed by atoms with Crippen molar-refractivity contribution in [3.8, 4) is 34.1 Å². The third-order valence-electron chi connectivity index (χ3n) is 3.57. The molecule has 0 unspecified atom stereocenters. The molecule has 0 aliphatic carbocycles. The molecule has 116 valence electrons. The van der Waals surface area contributed by atoms with Gasteiger partial charge in [0.1, 0.15) is 23.0 Å². The van der Waals surface area contributed by atoms with E-state index in [4.69, 9.17) is 14.2 Å². The zero-order valence-corrected chi connectivity index (χ0v) is 13.2. The molecule has 0 atom stereocenters. The van der Waals surface area contributed by atoms with Gasteiger partial charge in [-0.25, -0.2) is 0 Å². The molecule has 0 saturated carbocycles. The summed E-state index contributed by atoms with van der Waals surface area (Å²) in [5.74, 6) is 3.25. The Morgan fingerprint density at radius 2 is 0.739 bits per heavy atom. The largest absolute Gasteiger partial charge is 0.497 e. The first-order valence-electron chi connectivity index (χ1n) is 7.35. The van der Waals surface area contributed by atoms with Crippen LogP contribution in [0.25, 0.3) is 11.1 Å². The van der Waals surface area contributed by atoms with Crippen LogP contribution in [0.5, 0.6) is 23.0 Å². The van der Waals surface area contributed by atoms with Crippen LogP contribution in [0.4, 0.5) is 0 Å². The molecule has 3 heteroatoms. The summed E-state index contributed by atoms with van der Waals surface area (Å²) in [4.78, 5) is 0. The van der Waals surface area contributed by atoms with Gasteiger partial charge in [0, 0.05) is 0 Å². The van der Waals surface area contributed by atoms with E-state index in [1.165, 1.54) is 0 Å². The Labute approximate surface area is 136 Å². The first-order valence-corrected chi connectivity index (χ1v) is 7.35. The first-order chi connectivity index (χ1) is 11.3. The van der Waals surface area contributed by atoms with Gasteiger partial charge in [-0.15, -0.1) is 0 Å². The lowest BCUT2D eigenvalue weighted by molar-refractivity contribution is 0.413. The van der Waals surface area contributed by atoms with Crippen LogP contribution in [0.1, 0.15) is 0 Å². The molecular formula is C20H18O3. The molecule has 0 aliphatic rings. The second-order valence-electron chi connectivity index (χ2n) is 5.03. The van der Waals surface area contributed by atoms with Crippen molar-refractivity contribution < 1.29 is 14.2 Å². The first kappa shape index (κ1) is 15.0. The average Bonchev–Trinajstić information content (AvgIpc) is 2.63. The van der Waals surface area contributed by atoms with Gasteiger partial charge in [0.05, 0.1) is 14.2 Å². The summed E-state index contributed by atoms with van der Waals surface area (Å²) >= 11 is 0. The molecule has 3 aromatic carbocycles. The van der Waals surface area contributed by atoms with E-state index in [0.29, 0.717) is 0 Å². The van der Waals surface area contributed by atoms with Crippen LogP contribution in [0, 0.1) is 0 Å². The van der Waals surface area contributed by atoms with Gasteiger partial charge in [0.15, 0.2) is 0 Å². The molecule has 23 heavy (non-hydrogen) atoms. The smallest absolute Gasteiger partial charge is 0.127 e. The maximum atomic E-state index is 5.83. The summed E-state index contributed by atoms with van der Waals surface area (Å²) in [5.41, 5.74) is 2.27. The Kier molecular flexibility index (Phi) is 4.48. The number of methoxy groups -OCH3 is 2. The van der Waals surface area contributed by atoms with Crippen LogP contribution in [0.2, 0.25) is 0 Å². The lowest BCUT2D eigenvalue weighted by Crippen LogP contribution is -1.86. The minimum absolute atomic E-state index is 0.781. The number of benzene rings is 3. The van der Waals surface area contributed by atoms with E-state index in [1.54, 1.807) is 14.2 Å². The van der Waals surface area contributed by atoms with Crippen molar-refractivity contribution >= 4 is 0 Å². The standard InChI is InChI=1S/C20H18O3/c1-21-17-7-3-15(4-8-17)16-5-9-19(10-6-16)23-20-13-11-18(22-2)12-14-20/h3-14H,1-2H3. The highest BCUT2D eigenvalue weighted by Crippen LogP contribution is 2.27. The van der Waals surface area contributed by atoms with Crippen LogP contribution < -0.4 is 14.2 Å². The summed E-state index contributed by atoms with van der Waals surface area (Å²) in [6, 6.07) is 23.5. The van der Waals surface area contributed by atoms with Crippen LogP contribution in [0.15, 0.2) is 72.8 Å². The molecular weight excluding hydrogens is 288 g/mol. The molecule has 0 N–H and O–H groups in total. The van der Waals surface area contributed by atoms with Crippen molar-refractivity contribution in [1.82, 2.24) is 0 Å². The van der Waals surface area contributed by atoms with E-state index >= 15 is 0 Å². The van der Waals surface area contributed by atoms with Crippen LogP contribution in [0.3, 0.4) is 0 Å². The number of hydrogen-bond donors (Lipinski definition) is 0. The van der Waals surface area contributed by atoms with Gasteiger partial charge in [0.2, 0.25) is 0 Å². The Morgan fingerprint density at radius 3 is 1.13 bits per heavy atom. The molecule has 0 fully saturated rings. The predicted molar refractivity (Wildman–Crippen MR) is 91.5 cm³/mol.